The molecule has 1 aliphatic heterocycles. The number of carbonyl (C=O) groups excluding carboxylic acids is 1. The molecule has 6 nitrogen and oxygen atoms in total. The third-order valence-corrected chi connectivity index (χ3v) is 3.74. The molecule has 1 fully saturated rings. The summed E-state index contributed by atoms with van der Waals surface area (Å²) in [5.74, 6) is 1.00. The van der Waals surface area contributed by atoms with Crippen molar-refractivity contribution >= 4 is 18.2 Å². The second-order valence-electron chi connectivity index (χ2n) is 5.77. The van der Waals surface area contributed by atoms with Crippen molar-refractivity contribution in [2.24, 2.45) is 11.1 Å². The lowest BCUT2D eigenvalue weighted by Gasteiger charge is -2.19. The first-order chi connectivity index (χ1) is 10.7. The Morgan fingerprint density at radius 1 is 1.45 bits per heavy atom. The van der Waals surface area contributed by atoms with Gasteiger partial charge in [0.05, 0.1) is 0 Å². The quantitative estimate of drug-likeness (QED) is 0.735. The van der Waals surface area contributed by atoms with Crippen LogP contribution in [-0.2, 0) is 4.79 Å². The van der Waals surface area contributed by atoms with Gasteiger partial charge in [-0.2, -0.15) is 4.91 Å². The molecular weight excluding hydrogens is 282 g/mol. The standard InChI is InChI=1S/C16H19N3O3/c1-10(8-18-21)22-14-5-4-12-7-15(17-9-13(12)6-14)19-16(20)11-2-3-11/h4-7,9-11,15,17H,2-3,8H2,1H3,(H,19,20)/t10-,15?/m1/s1. The maximum Gasteiger partial charge on any atom is 0.224 e. The number of fused-ring (bicyclic) bond motifs is 1. The molecule has 6 heteroatoms. The maximum atomic E-state index is 11.8. The number of benzene rings is 1. The first-order valence-corrected chi connectivity index (χ1v) is 7.50. The van der Waals surface area contributed by atoms with Gasteiger partial charge in [0.2, 0.25) is 5.91 Å². The summed E-state index contributed by atoms with van der Waals surface area (Å²) in [7, 11) is 0. The number of hydrogen-bond donors (Lipinski definition) is 2. The highest BCUT2D eigenvalue weighted by Crippen LogP contribution is 2.28. The van der Waals surface area contributed by atoms with Crippen molar-refractivity contribution in [3.8, 4) is 5.75 Å². The van der Waals surface area contributed by atoms with Crippen molar-refractivity contribution in [1.82, 2.24) is 10.6 Å². The molecule has 1 unspecified atom stereocenters. The molecule has 0 saturated heterocycles. The first-order valence-electron chi connectivity index (χ1n) is 7.50. The number of ether oxygens (including phenoxy) is 1. The lowest BCUT2D eigenvalue weighted by atomic mass is 10.1. The molecule has 116 valence electrons. The Bertz CT molecular complexity index is 697. The van der Waals surface area contributed by atoms with Crippen LogP contribution in [0.1, 0.15) is 19.8 Å². The van der Waals surface area contributed by atoms with E-state index in [0.29, 0.717) is 5.75 Å². The second kappa shape index (κ2) is 6.17. The average molecular weight is 301 g/mol. The van der Waals surface area contributed by atoms with Crippen LogP contribution in [0.5, 0.6) is 5.75 Å². The molecule has 2 N–H and O–H groups in total. The smallest absolute Gasteiger partial charge is 0.224 e. The summed E-state index contributed by atoms with van der Waals surface area (Å²) in [6.45, 7) is 1.93. The van der Waals surface area contributed by atoms with E-state index in [-0.39, 0.29) is 30.6 Å². The van der Waals surface area contributed by atoms with Crippen LogP contribution < -0.4 is 25.8 Å². The molecule has 1 aromatic carbocycles. The van der Waals surface area contributed by atoms with Crippen LogP contribution in [0, 0.1) is 10.8 Å². The molecule has 2 aliphatic rings. The third-order valence-electron chi connectivity index (χ3n) is 3.74. The summed E-state index contributed by atoms with van der Waals surface area (Å²) in [4.78, 5) is 22.0. The van der Waals surface area contributed by atoms with Crippen LogP contribution in [0.15, 0.2) is 23.4 Å². The fourth-order valence-corrected chi connectivity index (χ4v) is 2.38. The molecule has 0 radical (unpaired) electrons. The fraction of sp³-hybridized carbons (Fsp3) is 0.438. The average Bonchev–Trinajstić information content (AvgIpc) is 3.32. The Hall–Kier alpha value is -2.37. The number of hydrogen-bond acceptors (Lipinski definition) is 5. The van der Waals surface area contributed by atoms with Crippen molar-refractivity contribution in [1.29, 1.82) is 0 Å². The number of amides is 1. The molecule has 3 rings (SSSR count). The summed E-state index contributed by atoms with van der Waals surface area (Å²) in [5, 5.41) is 11.0. The van der Waals surface area contributed by atoms with Crippen LogP contribution >= 0.6 is 0 Å². The second-order valence-corrected chi connectivity index (χ2v) is 5.77. The minimum Gasteiger partial charge on any atom is -0.489 e. The minimum absolute atomic E-state index is 0.112. The van der Waals surface area contributed by atoms with Crippen LogP contribution in [-0.4, -0.2) is 24.7 Å². The van der Waals surface area contributed by atoms with Gasteiger partial charge in [0.25, 0.3) is 0 Å². The Labute approximate surface area is 128 Å². The Morgan fingerprint density at radius 2 is 2.27 bits per heavy atom. The van der Waals surface area contributed by atoms with Crippen LogP contribution in [0.3, 0.4) is 0 Å². The van der Waals surface area contributed by atoms with E-state index < -0.39 is 0 Å². The van der Waals surface area contributed by atoms with E-state index >= 15 is 0 Å². The van der Waals surface area contributed by atoms with Crippen molar-refractivity contribution in [2.75, 3.05) is 6.54 Å². The summed E-state index contributed by atoms with van der Waals surface area (Å²) < 4.78 is 5.63. The SMILES string of the molecule is C[C@H](CN=O)Oc1ccc2c(c1)=CNC(NC(=O)C1CC1)C=2. The summed E-state index contributed by atoms with van der Waals surface area (Å²) in [6.07, 6.45) is 5.41. The highest BCUT2D eigenvalue weighted by molar-refractivity contribution is 5.82. The van der Waals surface area contributed by atoms with Gasteiger partial charge in [0, 0.05) is 17.3 Å². The summed E-state index contributed by atoms with van der Waals surface area (Å²) in [6, 6.07) is 5.70. The Morgan fingerprint density at radius 3 is 3.00 bits per heavy atom. The number of nitrogens with one attached hydrogen (secondary N) is 2. The molecule has 22 heavy (non-hydrogen) atoms. The third kappa shape index (κ3) is 3.44. The van der Waals surface area contributed by atoms with Gasteiger partial charge in [0.1, 0.15) is 24.6 Å². The van der Waals surface area contributed by atoms with Gasteiger partial charge < -0.3 is 15.4 Å². The Kier molecular flexibility index (Phi) is 4.09. The van der Waals surface area contributed by atoms with E-state index in [2.05, 4.69) is 15.8 Å². The predicted molar refractivity (Wildman–Crippen MR) is 83.2 cm³/mol. The number of carbonyl (C=O) groups is 1. The molecule has 1 aliphatic carbocycles. The molecule has 0 bridgehead atoms. The number of nitroso groups, excluding NO2 is 1. The normalized spacial score (nSPS) is 20.5. The van der Waals surface area contributed by atoms with E-state index in [1.165, 1.54) is 0 Å². The van der Waals surface area contributed by atoms with Crippen LogP contribution in [0.2, 0.25) is 0 Å². The maximum absolute atomic E-state index is 11.8. The molecule has 2 atom stereocenters. The van der Waals surface area contributed by atoms with Crippen molar-refractivity contribution in [3.63, 3.8) is 0 Å². The highest BCUT2D eigenvalue weighted by atomic mass is 16.5. The minimum atomic E-state index is -0.248. The van der Waals surface area contributed by atoms with Gasteiger partial charge in [0.15, 0.2) is 0 Å². The van der Waals surface area contributed by atoms with Gasteiger partial charge >= 0.3 is 0 Å². The lowest BCUT2D eigenvalue weighted by Crippen LogP contribution is -2.48. The van der Waals surface area contributed by atoms with Gasteiger partial charge in [-0.15, -0.1) is 0 Å². The summed E-state index contributed by atoms with van der Waals surface area (Å²) in [5.41, 5.74) is 0. The highest BCUT2D eigenvalue weighted by Gasteiger charge is 2.30. The van der Waals surface area contributed by atoms with E-state index in [0.717, 1.165) is 23.3 Å². The molecule has 0 spiro atoms. The topological polar surface area (TPSA) is 79.8 Å². The monoisotopic (exact) mass is 301 g/mol. The van der Waals surface area contributed by atoms with Crippen molar-refractivity contribution in [3.05, 3.63) is 33.5 Å². The first kappa shape index (κ1) is 14.6. The van der Waals surface area contributed by atoms with E-state index in [1.807, 2.05) is 30.5 Å². The molecular formula is C16H19N3O3. The van der Waals surface area contributed by atoms with Gasteiger partial charge in [-0.1, -0.05) is 11.2 Å². The predicted octanol–water partition coefficient (Wildman–Crippen LogP) is 0.194. The molecule has 1 amide bonds. The van der Waals surface area contributed by atoms with Gasteiger partial charge in [-0.3, -0.25) is 4.79 Å². The van der Waals surface area contributed by atoms with Crippen molar-refractivity contribution < 1.29 is 9.53 Å². The van der Waals surface area contributed by atoms with Gasteiger partial charge in [-0.25, -0.2) is 0 Å². The van der Waals surface area contributed by atoms with Crippen LogP contribution in [0.4, 0.5) is 0 Å². The largest absolute Gasteiger partial charge is 0.489 e. The van der Waals surface area contributed by atoms with Crippen molar-refractivity contribution in [2.45, 2.75) is 32.0 Å². The van der Waals surface area contributed by atoms with E-state index in [1.54, 1.807) is 6.92 Å². The fourth-order valence-electron chi connectivity index (χ4n) is 2.38. The molecule has 1 aromatic rings. The molecule has 1 saturated carbocycles. The van der Waals surface area contributed by atoms with E-state index in [9.17, 15) is 9.70 Å². The number of nitrogens with zero attached hydrogens (tertiary/aromatic N) is 1. The van der Waals surface area contributed by atoms with E-state index in [4.69, 9.17) is 4.74 Å². The molecule has 1 heterocycles. The van der Waals surface area contributed by atoms with Gasteiger partial charge in [-0.05, 0) is 43.2 Å². The summed E-state index contributed by atoms with van der Waals surface area (Å²) >= 11 is 0. The lowest BCUT2D eigenvalue weighted by molar-refractivity contribution is -0.122. The Balaban J connectivity index is 1.71. The number of rotatable bonds is 6. The van der Waals surface area contributed by atoms with Crippen LogP contribution in [0.25, 0.3) is 12.3 Å². The zero-order valence-corrected chi connectivity index (χ0v) is 12.4. The zero-order chi connectivity index (χ0) is 15.5. The zero-order valence-electron chi connectivity index (χ0n) is 12.4. The molecule has 0 aromatic heterocycles.